The van der Waals surface area contributed by atoms with Crippen molar-refractivity contribution in [2.75, 3.05) is 12.4 Å². The summed E-state index contributed by atoms with van der Waals surface area (Å²) in [4.78, 5) is 18.7. The summed E-state index contributed by atoms with van der Waals surface area (Å²) >= 11 is 0. The van der Waals surface area contributed by atoms with E-state index in [0.717, 1.165) is 12.1 Å². The Labute approximate surface area is 126 Å². The largest absolute Gasteiger partial charge is 0.465 e. The molecule has 0 aliphatic heterocycles. The third-order valence-corrected chi connectivity index (χ3v) is 3.76. The van der Waals surface area contributed by atoms with Gasteiger partial charge >= 0.3 is 5.97 Å². The van der Waals surface area contributed by atoms with Crippen molar-refractivity contribution in [1.29, 1.82) is 0 Å². The van der Waals surface area contributed by atoms with E-state index in [1.165, 1.54) is 13.4 Å². The maximum Gasteiger partial charge on any atom is 0.340 e. The number of ether oxygens (including phenoxy) is 1. The maximum atomic E-state index is 14.7. The van der Waals surface area contributed by atoms with Crippen LogP contribution in [0.25, 0.3) is 11.0 Å². The van der Waals surface area contributed by atoms with Crippen molar-refractivity contribution in [3.8, 4) is 0 Å². The molecule has 3 rings (SSSR count). The Morgan fingerprint density at radius 3 is 3.09 bits per heavy atom. The number of carbonyl (C=O) groups excluding carboxylic acids is 1. The van der Waals surface area contributed by atoms with Crippen LogP contribution in [0.2, 0.25) is 0 Å². The van der Waals surface area contributed by atoms with Crippen LogP contribution in [0.4, 0.5) is 10.1 Å². The lowest BCUT2D eigenvalue weighted by molar-refractivity contribution is 0.0601. The second-order valence-electron chi connectivity index (χ2n) is 5.22. The first kappa shape index (κ1) is 14.3. The van der Waals surface area contributed by atoms with Crippen LogP contribution in [0.15, 0.2) is 36.3 Å². The van der Waals surface area contributed by atoms with Gasteiger partial charge in [0.1, 0.15) is 5.52 Å². The lowest BCUT2D eigenvalue weighted by Crippen LogP contribution is -2.15. The summed E-state index contributed by atoms with van der Waals surface area (Å²) in [6.07, 6.45) is 8.08. The summed E-state index contributed by atoms with van der Waals surface area (Å²) in [5.74, 6) is -0.955. The zero-order valence-electron chi connectivity index (χ0n) is 12.3. The van der Waals surface area contributed by atoms with Gasteiger partial charge in [-0.1, -0.05) is 19.1 Å². The molecule has 0 fully saturated rings. The minimum absolute atomic E-state index is 0.0971. The molecule has 1 aromatic carbocycles. The Bertz CT molecular complexity index is 792. The molecule has 2 N–H and O–H groups in total. The van der Waals surface area contributed by atoms with Crippen LogP contribution >= 0.6 is 0 Å². The first-order valence-corrected chi connectivity index (χ1v) is 6.99. The molecule has 1 aliphatic carbocycles. The number of anilines is 1. The molecule has 0 saturated heterocycles. The van der Waals surface area contributed by atoms with Crippen molar-refractivity contribution < 1.29 is 13.9 Å². The number of rotatable bonds is 3. The predicted molar refractivity (Wildman–Crippen MR) is 82.0 cm³/mol. The molecular formula is C16H16FN3O2. The molecule has 0 amide bonds. The third kappa shape index (κ3) is 2.36. The van der Waals surface area contributed by atoms with E-state index in [0.29, 0.717) is 5.52 Å². The van der Waals surface area contributed by atoms with Crippen molar-refractivity contribution in [2.24, 2.45) is 5.92 Å². The fourth-order valence-electron chi connectivity index (χ4n) is 2.49. The highest BCUT2D eigenvalue weighted by atomic mass is 19.1. The zero-order valence-corrected chi connectivity index (χ0v) is 12.3. The quantitative estimate of drug-likeness (QED) is 0.853. The summed E-state index contributed by atoms with van der Waals surface area (Å²) in [6.45, 7) is 2.03. The van der Waals surface area contributed by atoms with E-state index in [9.17, 15) is 9.18 Å². The minimum Gasteiger partial charge on any atom is -0.465 e. The monoisotopic (exact) mass is 301 g/mol. The third-order valence-electron chi connectivity index (χ3n) is 3.76. The Hall–Kier alpha value is -2.63. The minimum atomic E-state index is -0.600. The molecule has 1 aromatic heterocycles. The second-order valence-corrected chi connectivity index (χ2v) is 5.22. The zero-order chi connectivity index (χ0) is 15.7. The summed E-state index contributed by atoms with van der Waals surface area (Å²) in [7, 11) is 1.27. The number of aromatic amines is 1. The van der Waals surface area contributed by atoms with Crippen LogP contribution < -0.4 is 5.32 Å². The fraction of sp³-hybridized carbons (Fsp3) is 0.250. The first-order chi connectivity index (χ1) is 10.6. The van der Waals surface area contributed by atoms with Gasteiger partial charge in [0.2, 0.25) is 0 Å². The summed E-state index contributed by atoms with van der Waals surface area (Å²) in [5.41, 5.74) is 1.73. The number of nitrogens with one attached hydrogen (secondary N) is 2. The van der Waals surface area contributed by atoms with Gasteiger partial charge in [-0.3, -0.25) is 0 Å². The van der Waals surface area contributed by atoms with Gasteiger partial charge in [0.15, 0.2) is 5.82 Å². The number of esters is 1. The van der Waals surface area contributed by atoms with E-state index in [1.807, 2.05) is 25.2 Å². The number of halogens is 1. The molecule has 1 unspecified atom stereocenters. The van der Waals surface area contributed by atoms with Crippen LogP contribution in [0, 0.1) is 11.7 Å². The first-order valence-electron chi connectivity index (χ1n) is 6.99. The number of nitrogens with zero attached hydrogens (tertiary/aromatic N) is 1. The lowest BCUT2D eigenvalue weighted by Gasteiger charge is -2.21. The number of aromatic nitrogens is 2. The van der Waals surface area contributed by atoms with E-state index in [4.69, 9.17) is 4.74 Å². The molecule has 0 spiro atoms. The Morgan fingerprint density at radius 1 is 1.55 bits per heavy atom. The van der Waals surface area contributed by atoms with Crippen molar-refractivity contribution in [3.63, 3.8) is 0 Å². The van der Waals surface area contributed by atoms with Crippen molar-refractivity contribution >= 4 is 22.7 Å². The molecule has 0 bridgehead atoms. The molecular weight excluding hydrogens is 285 g/mol. The van der Waals surface area contributed by atoms with Gasteiger partial charge in [0, 0.05) is 5.70 Å². The van der Waals surface area contributed by atoms with Crippen molar-refractivity contribution in [2.45, 2.75) is 13.3 Å². The number of methoxy groups -OCH3 is 1. The highest BCUT2D eigenvalue weighted by molar-refractivity contribution is 6.01. The van der Waals surface area contributed by atoms with Gasteiger partial charge in [0.05, 0.1) is 30.2 Å². The van der Waals surface area contributed by atoms with Gasteiger partial charge in [-0.25, -0.2) is 14.2 Å². The highest BCUT2D eigenvalue weighted by Gasteiger charge is 2.22. The number of hydrogen-bond acceptors (Lipinski definition) is 4. The van der Waals surface area contributed by atoms with E-state index >= 15 is 0 Å². The van der Waals surface area contributed by atoms with Gasteiger partial charge in [-0.05, 0) is 24.5 Å². The molecule has 2 aromatic rings. The van der Waals surface area contributed by atoms with Gasteiger partial charge in [-0.15, -0.1) is 0 Å². The van der Waals surface area contributed by atoms with Crippen LogP contribution in [0.1, 0.15) is 23.7 Å². The van der Waals surface area contributed by atoms with E-state index in [-0.39, 0.29) is 22.7 Å². The number of hydrogen-bond donors (Lipinski definition) is 2. The molecule has 114 valence electrons. The van der Waals surface area contributed by atoms with Crippen LogP contribution in [-0.2, 0) is 4.74 Å². The van der Waals surface area contributed by atoms with Gasteiger partial charge < -0.3 is 15.0 Å². The molecule has 5 nitrogen and oxygen atoms in total. The average molecular weight is 301 g/mol. The predicted octanol–water partition coefficient (Wildman–Crippen LogP) is 3.38. The molecule has 22 heavy (non-hydrogen) atoms. The fourth-order valence-corrected chi connectivity index (χ4v) is 2.49. The molecule has 6 heteroatoms. The number of benzene rings is 1. The molecule has 1 atom stereocenters. The van der Waals surface area contributed by atoms with E-state index in [1.54, 1.807) is 6.07 Å². The molecule has 1 heterocycles. The van der Waals surface area contributed by atoms with E-state index in [2.05, 4.69) is 15.3 Å². The lowest BCUT2D eigenvalue weighted by atomic mass is 9.98. The molecule has 1 aliphatic rings. The summed E-state index contributed by atoms with van der Waals surface area (Å²) < 4.78 is 19.5. The Balaban J connectivity index is 2.13. The Kier molecular flexibility index (Phi) is 3.66. The second kappa shape index (κ2) is 5.63. The van der Waals surface area contributed by atoms with E-state index < -0.39 is 11.8 Å². The normalized spacial score (nSPS) is 17.4. The van der Waals surface area contributed by atoms with Crippen molar-refractivity contribution in [3.05, 3.63) is 47.7 Å². The van der Waals surface area contributed by atoms with Crippen molar-refractivity contribution in [1.82, 2.24) is 9.97 Å². The molecule has 0 saturated carbocycles. The number of allylic oxidation sites excluding steroid dienone is 4. The average Bonchev–Trinajstić information content (AvgIpc) is 2.99. The van der Waals surface area contributed by atoms with Crippen LogP contribution in [0.3, 0.4) is 0 Å². The summed E-state index contributed by atoms with van der Waals surface area (Å²) in [5, 5.41) is 3.04. The van der Waals surface area contributed by atoms with Gasteiger partial charge in [0.25, 0.3) is 0 Å². The number of imidazole rings is 1. The van der Waals surface area contributed by atoms with Crippen LogP contribution in [0.5, 0.6) is 0 Å². The summed E-state index contributed by atoms with van der Waals surface area (Å²) in [6, 6.07) is 1.55. The smallest absolute Gasteiger partial charge is 0.340 e. The number of H-pyrrole nitrogens is 1. The SMILES string of the molecule is COC(=O)c1cc2[nH]cnc2c(F)c1NC1=CC=CCC1C. The molecule has 0 radical (unpaired) electrons. The standard InChI is InChI=1S/C16H16FN3O2/c1-9-5-3-4-6-11(9)20-14-10(16(21)22-2)7-12-15(13(14)17)19-8-18-12/h3-4,6-9,20H,5H2,1-2H3,(H,18,19). The van der Waals surface area contributed by atoms with Crippen LogP contribution in [-0.4, -0.2) is 23.0 Å². The number of carbonyl (C=O) groups is 1. The number of fused-ring (bicyclic) bond motifs is 1. The maximum absolute atomic E-state index is 14.7. The topological polar surface area (TPSA) is 67.0 Å². The van der Waals surface area contributed by atoms with Gasteiger partial charge in [-0.2, -0.15) is 0 Å². The Morgan fingerprint density at radius 2 is 2.36 bits per heavy atom. The highest BCUT2D eigenvalue weighted by Crippen LogP contribution is 2.31.